The highest BCUT2D eigenvalue weighted by Gasteiger charge is 2.14. The van der Waals surface area contributed by atoms with Crippen LogP contribution in [-0.2, 0) is 6.42 Å². The van der Waals surface area contributed by atoms with Crippen molar-refractivity contribution < 1.29 is 9.47 Å². The number of rotatable bonds is 6. The van der Waals surface area contributed by atoms with Crippen LogP contribution in [0.1, 0.15) is 29.7 Å². The molecule has 0 aromatic heterocycles. The summed E-state index contributed by atoms with van der Waals surface area (Å²) in [5, 5.41) is 0. The molecular formula is C18H23NO2. The van der Waals surface area contributed by atoms with Crippen LogP contribution in [0.3, 0.4) is 0 Å². The van der Waals surface area contributed by atoms with E-state index >= 15 is 0 Å². The lowest BCUT2D eigenvalue weighted by molar-refractivity contribution is 0.204. The maximum atomic E-state index is 6.06. The molecule has 2 N–H and O–H groups in total. The van der Waals surface area contributed by atoms with Gasteiger partial charge in [0, 0.05) is 6.54 Å². The van der Waals surface area contributed by atoms with Crippen molar-refractivity contribution in [1.29, 1.82) is 0 Å². The third-order valence-electron chi connectivity index (χ3n) is 3.57. The van der Waals surface area contributed by atoms with Gasteiger partial charge in [0.1, 0.15) is 6.10 Å². The Morgan fingerprint density at radius 2 is 1.76 bits per heavy atom. The summed E-state index contributed by atoms with van der Waals surface area (Å²) < 4.78 is 11.5. The molecule has 0 spiro atoms. The first kappa shape index (κ1) is 15.4. The number of hydrogen-bond acceptors (Lipinski definition) is 3. The van der Waals surface area contributed by atoms with Gasteiger partial charge in [-0.1, -0.05) is 42.8 Å². The van der Waals surface area contributed by atoms with Crippen LogP contribution in [0.15, 0.2) is 42.5 Å². The normalized spacial score (nSPS) is 12.0. The molecule has 1 atom stereocenters. The van der Waals surface area contributed by atoms with Crippen molar-refractivity contribution in [2.75, 3.05) is 13.7 Å². The lowest BCUT2D eigenvalue weighted by Gasteiger charge is -2.20. The van der Waals surface area contributed by atoms with Crippen molar-refractivity contribution in [2.24, 2.45) is 5.73 Å². The molecule has 0 heterocycles. The molecular weight excluding hydrogens is 262 g/mol. The molecule has 1 unspecified atom stereocenters. The first-order valence-corrected chi connectivity index (χ1v) is 7.28. The van der Waals surface area contributed by atoms with Crippen molar-refractivity contribution in [2.45, 2.75) is 26.4 Å². The van der Waals surface area contributed by atoms with E-state index < -0.39 is 0 Å². The van der Waals surface area contributed by atoms with E-state index in [4.69, 9.17) is 15.2 Å². The number of methoxy groups -OCH3 is 1. The van der Waals surface area contributed by atoms with Gasteiger partial charge in [0.25, 0.3) is 0 Å². The van der Waals surface area contributed by atoms with E-state index in [-0.39, 0.29) is 6.10 Å². The molecule has 0 amide bonds. The standard InChI is InChI=1S/C18H23NO2/c1-4-14-7-10-16(17(11-14)20-3)21-18(12-19)15-8-5-13(2)6-9-15/h5-11,18H,4,12,19H2,1-3H3. The molecule has 2 aromatic rings. The molecule has 2 rings (SSSR count). The van der Waals surface area contributed by atoms with Crippen LogP contribution in [0, 0.1) is 6.92 Å². The molecule has 112 valence electrons. The lowest BCUT2D eigenvalue weighted by Crippen LogP contribution is -2.18. The summed E-state index contributed by atoms with van der Waals surface area (Å²) in [7, 11) is 1.66. The number of aryl methyl sites for hydroxylation is 2. The van der Waals surface area contributed by atoms with Gasteiger partial charge in [-0.25, -0.2) is 0 Å². The quantitative estimate of drug-likeness (QED) is 0.881. The third-order valence-corrected chi connectivity index (χ3v) is 3.57. The average Bonchev–Trinajstić information content (AvgIpc) is 2.53. The SMILES string of the molecule is CCc1ccc(OC(CN)c2ccc(C)cc2)c(OC)c1. The number of hydrogen-bond donors (Lipinski definition) is 1. The number of benzene rings is 2. The second-order valence-electron chi connectivity index (χ2n) is 5.09. The van der Waals surface area contributed by atoms with Crippen molar-refractivity contribution in [1.82, 2.24) is 0 Å². The van der Waals surface area contributed by atoms with Gasteiger partial charge in [-0.15, -0.1) is 0 Å². The van der Waals surface area contributed by atoms with Crippen molar-refractivity contribution in [3.8, 4) is 11.5 Å². The third kappa shape index (κ3) is 3.76. The van der Waals surface area contributed by atoms with Gasteiger partial charge in [-0.05, 0) is 36.6 Å². The molecule has 0 aliphatic heterocycles. The second kappa shape index (κ2) is 7.14. The maximum Gasteiger partial charge on any atom is 0.162 e. The Balaban J connectivity index is 2.24. The molecule has 0 radical (unpaired) electrons. The van der Waals surface area contributed by atoms with E-state index in [0.717, 1.165) is 23.5 Å². The minimum Gasteiger partial charge on any atom is -0.493 e. The van der Waals surface area contributed by atoms with E-state index in [0.29, 0.717) is 6.54 Å². The smallest absolute Gasteiger partial charge is 0.162 e. The Labute approximate surface area is 126 Å². The zero-order chi connectivity index (χ0) is 15.2. The minimum atomic E-state index is -0.174. The summed E-state index contributed by atoms with van der Waals surface area (Å²) in [5.41, 5.74) is 9.39. The van der Waals surface area contributed by atoms with Crippen molar-refractivity contribution in [3.05, 3.63) is 59.2 Å². The van der Waals surface area contributed by atoms with Crippen molar-refractivity contribution >= 4 is 0 Å². The van der Waals surface area contributed by atoms with Gasteiger partial charge in [-0.3, -0.25) is 0 Å². The molecule has 3 heteroatoms. The fourth-order valence-electron chi connectivity index (χ4n) is 2.22. The number of nitrogens with two attached hydrogens (primary N) is 1. The highest BCUT2D eigenvalue weighted by atomic mass is 16.5. The van der Waals surface area contributed by atoms with Crippen LogP contribution in [0.4, 0.5) is 0 Å². The fraction of sp³-hybridized carbons (Fsp3) is 0.333. The topological polar surface area (TPSA) is 44.5 Å². The van der Waals surface area contributed by atoms with Gasteiger partial charge in [0.15, 0.2) is 11.5 Å². The van der Waals surface area contributed by atoms with Gasteiger partial charge in [0.2, 0.25) is 0 Å². The van der Waals surface area contributed by atoms with E-state index in [1.807, 2.05) is 12.1 Å². The zero-order valence-electron chi connectivity index (χ0n) is 12.9. The summed E-state index contributed by atoms with van der Waals surface area (Å²) in [6.07, 6.45) is 0.793. The lowest BCUT2D eigenvalue weighted by atomic mass is 10.1. The van der Waals surface area contributed by atoms with Gasteiger partial charge >= 0.3 is 0 Å². The van der Waals surface area contributed by atoms with E-state index in [2.05, 4.69) is 44.2 Å². The Kier molecular flexibility index (Phi) is 5.23. The molecule has 0 saturated carbocycles. The molecule has 0 bridgehead atoms. The van der Waals surface area contributed by atoms with E-state index in [1.54, 1.807) is 7.11 Å². The minimum absolute atomic E-state index is 0.174. The molecule has 0 aliphatic carbocycles. The van der Waals surface area contributed by atoms with Gasteiger partial charge < -0.3 is 15.2 Å². The Bertz CT molecular complexity index is 578. The first-order chi connectivity index (χ1) is 10.2. The molecule has 3 nitrogen and oxygen atoms in total. The number of ether oxygens (including phenoxy) is 2. The largest absolute Gasteiger partial charge is 0.493 e. The fourth-order valence-corrected chi connectivity index (χ4v) is 2.22. The predicted molar refractivity (Wildman–Crippen MR) is 86.0 cm³/mol. The molecule has 0 aliphatic rings. The molecule has 21 heavy (non-hydrogen) atoms. The van der Waals surface area contributed by atoms with Gasteiger partial charge in [0.05, 0.1) is 7.11 Å². The van der Waals surface area contributed by atoms with E-state index in [9.17, 15) is 0 Å². The van der Waals surface area contributed by atoms with Crippen LogP contribution in [-0.4, -0.2) is 13.7 Å². The van der Waals surface area contributed by atoms with Crippen LogP contribution >= 0.6 is 0 Å². The van der Waals surface area contributed by atoms with Crippen LogP contribution in [0.25, 0.3) is 0 Å². The molecule has 2 aromatic carbocycles. The van der Waals surface area contributed by atoms with E-state index in [1.165, 1.54) is 11.1 Å². The summed E-state index contributed by atoms with van der Waals surface area (Å²) in [6.45, 7) is 4.60. The first-order valence-electron chi connectivity index (χ1n) is 7.28. The van der Waals surface area contributed by atoms with Crippen LogP contribution < -0.4 is 15.2 Å². The molecule has 0 saturated heterocycles. The highest BCUT2D eigenvalue weighted by molar-refractivity contribution is 5.43. The Morgan fingerprint density at radius 1 is 1.05 bits per heavy atom. The van der Waals surface area contributed by atoms with Crippen LogP contribution in [0.5, 0.6) is 11.5 Å². The summed E-state index contributed by atoms with van der Waals surface area (Å²) in [4.78, 5) is 0. The molecule has 0 fully saturated rings. The zero-order valence-corrected chi connectivity index (χ0v) is 12.9. The maximum absolute atomic E-state index is 6.06. The summed E-state index contributed by atoms with van der Waals surface area (Å²) in [6, 6.07) is 14.3. The highest BCUT2D eigenvalue weighted by Crippen LogP contribution is 2.32. The summed E-state index contributed by atoms with van der Waals surface area (Å²) in [5.74, 6) is 1.48. The van der Waals surface area contributed by atoms with Crippen LogP contribution in [0.2, 0.25) is 0 Å². The monoisotopic (exact) mass is 285 g/mol. The second-order valence-corrected chi connectivity index (χ2v) is 5.09. The Hall–Kier alpha value is -2.00. The summed E-state index contributed by atoms with van der Waals surface area (Å²) >= 11 is 0. The van der Waals surface area contributed by atoms with Crippen molar-refractivity contribution in [3.63, 3.8) is 0 Å². The predicted octanol–water partition coefficient (Wildman–Crippen LogP) is 3.64. The Morgan fingerprint density at radius 3 is 2.33 bits per heavy atom. The average molecular weight is 285 g/mol. The van der Waals surface area contributed by atoms with Gasteiger partial charge in [-0.2, -0.15) is 0 Å².